The molecule has 3 N–H and O–H groups in total. The van der Waals surface area contributed by atoms with E-state index in [-0.39, 0.29) is 5.56 Å². The average Bonchev–Trinajstić information content (AvgIpc) is 2.52. The predicted octanol–water partition coefficient (Wildman–Crippen LogP) is 0.866. The van der Waals surface area contributed by atoms with Crippen LogP contribution in [0.3, 0.4) is 0 Å². The standard InChI is InChI=1S/C14H18N4O3S/c19-13-2-1-11-12(3-6-15-14(11)17-13)18-7-4-10(5-8-18)9-16-22(20)21/h1-3,6,10,16H,4-5,7-9H2,(H,20,21)(H,15,17,19). The molecular formula is C14H18N4O3S. The van der Waals surface area contributed by atoms with Gasteiger partial charge in [-0.25, -0.2) is 13.9 Å². The molecule has 0 saturated carbocycles. The molecule has 0 radical (unpaired) electrons. The third kappa shape index (κ3) is 3.34. The second kappa shape index (κ2) is 6.55. The summed E-state index contributed by atoms with van der Waals surface area (Å²) in [7, 11) is 0. The third-order valence-corrected chi connectivity index (χ3v) is 4.47. The molecule has 2 aromatic heterocycles. The smallest absolute Gasteiger partial charge is 0.249 e. The number of aromatic amines is 1. The molecule has 1 unspecified atom stereocenters. The number of H-pyrrole nitrogens is 1. The van der Waals surface area contributed by atoms with Gasteiger partial charge < -0.3 is 9.88 Å². The maximum atomic E-state index is 11.4. The Labute approximate surface area is 130 Å². The first-order chi connectivity index (χ1) is 10.6. The Bertz CT molecular complexity index is 740. The van der Waals surface area contributed by atoms with Crippen LogP contribution in [0.2, 0.25) is 0 Å². The van der Waals surface area contributed by atoms with Gasteiger partial charge in [-0.15, -0.1) is 0 Å². The van der Waals surface area contributed by atoms with Gasteiger partial charge in [0.1, 0.15) is 5.65 Å². The lowest BCUT2D eigenvalue weighted by Gasteiger charge is -2.34. The number of anilines is 1. The second-order valence-electron chi connectivity index (χ2n) is 5.44. The van der Waals surface area contributed by atoms with Crippen LogP contribution in [0, 0.1) is 5.92 Å². The van der Waals surface area contributed by atoms with Crippen LogP contribution in [-0.4, -0.2) is 38.4 Å². The first kappa shape index (κ1) is 15.1. The lowest BCUT2D eigenvalue weighted by molar-refractivity contribution is 0.400. The van der Waals surface area contributed by atoms with Gasteiger partial charge in [0, 0.05) is 43.0 Å². The summed E-state index contributed by atoms with van der Waals surface area (Å²) in [5, 5.41) is 0.940. The summed E-state index contributed by atoms with van der Waals surface area (Å²) in [6.07, 6.45) is 3.62. The highest BCUT2D eigenvalue weighted by Gasteiger charge is 2.21. The number of nitrogens with zero attached hydrogens (tertiary/aromatic N) is 2. The van der Waals surface area contributed by atoms with E-state index in [0.717, 1.165) is 37.0 Å². The number of piperidine rings is 1. The molecule has 22 heavy (non-hydrogen) atoms. The van der Waals surface area contributed by atoms with Gasteiger partial charge in [0.15, 0.2) is 0 Å². The second-order valence-corrected chi connectivity index (χ2v) is 6.23. The summed E-state index contributed by atoms with van der Waals surface area (Å²) < 4.78 is 22.0. The number of fused-ring (bicyclic) bond motifs is 1. The van der Waals surface area contributed by atoms with Crippen molar-refractivity contribution >= 4 is 28.0 Å². The molecule has 0 amide bonds. The third-order valence-electron chi connectivity index (χ3n) is 4.06. The van der Waals surface area contributed by atoms with Crippen LogP contribution in [0.4, 0.5) is 5.69 Å². The van der Waals surface area contributed by atoms with Crippen LogP contribution in [0.15, 0.2) is 29.2 Å². The number of rotatable bonds is 4. The van der Waals surface area contributed by atoms with Gasteiger partial charge in [-0.2, -0.15) is 0 Å². The molecule has 1 saturated heterocycles. The van der Waals surface area contributed by atoms with Crippen LogP contribution in [0.1, 0.15) is 12.8 Å². The molecule has 1 fully saturated rings. The molecule has 7 nitrogen and oxygen atoms in total. The summed E-state index contributed by atoms with van der Waals surface area (Å²) >= 11 is -1.94. The van der Waals surface area contributed by atoms with Crippen molar-refractivity contribution in [1.82, 2.24) is 14.7 Å². The molecule has 1 aliphatic rings. The van der Waals surface area contributed by atoms with E-state index in [2.05, 4.69) is 19.6 Å². The molecule has 118 valence electrons. The minimum absolute atomic E-state index is 0.154. The Morgan fingerprint density at radius 3 is 2.86 bits per heavy atom. The van der Waals surface area contributed by atoms with Gasteiger partial charge >= 0.3 is 0 Å². The van der Waals surface area contributed by atoms with E-state index in [1.165, 1.54) is 6.07 Å². The highest BCUT2D eigenvalue weighted by molar-refractivity contribution is 7.77. The maximum Gasteiger partial charge on any atom is 0.249 e. The maximum absolute atomic E-state index is 11.4. The van der Waals surface area contributed by atoms with Crippen LogP contribution >= 0.6 is 0 Å². The van der Waals surface area contributed by atoms with Crippen molar-refractivity contribution < 1.29 is 8.76 Å². The first-order valence-electron chi connectivity index (χ1n) is 7.21. The van der Waals surface area contributed by atoms with E-state index in [9.17, 15) is 9.00 Å². The molecule has 8 heteroatoms. The van der Waals surface area contributed by atoms with Crippen molar-refractivity contribution in [2.75, 3.05) is 24.5 Å². The zero-order chi connectivity index (χ0) is 15.5. The van der Waals surface area contributed by atoms with Gasteiger partial charge in [-0.05, 0) is 30.9 Å². The Kier molecular flexibility index (Phi) is 4.51. The van der Waals surface area contributed by atoms with E-state index >= 15 is 0 Å². The normalized spacial score (nSPS) is 17.8. The van der Waals surface area contributed by atoms with Crippen molar-refractivity contribution in [3.8, 4) is 0 Å². The fourth-order valence-corrected chi connectivity index (χ4v) is 3.27. The largest absolute Gasteiger partial charge is 0.371 e. The molecule has 3 rings (SSSR count). The van der Waals surface area contributed by atoms with Crippen molar-refractivity contribution in [1.29, 1.82) is 0 Å². The van der Waals surface area contributed by atoms with Crippen molar-refractivity contribution in [3.05, 3.63) is 34.7 Å². The van der Waals surface area contributed by atoms with E-state index in [1.807, 2.05) is 6.07 Å². The van der Waals surface area contributed by atoms with E-state index in [1.54, 1.807) is 12.3 Å². The van der Waals surface area contributed by atoms with Crippen LogP contribution in [0.25, 0.3) is 11.0 Å². The van der Waals surface area contributed by atoms with Gasteiger partial charge in [0.05, 0.1) is 0 Å². The number of pyridine rings is 2. The summed E-state index contributed by atoms with van der Waals surface area (Å²) in [5.41, 5.74) is 1.52. The Balaban J connectivity index is 1.74. The van der Waals surface area contributed by atoms with Crippen molar-refractivity contribution in [2.45, 2.75) is 12.8 Å². The highest BCUT2D eigenvalue weighted by atomic mass is 32.2. The Hall–Kier alpha value is -1.77. The quantitative estimate of drug-likeness (QED) is 0.726. The molecule has 3 heterocycles. The van der Waals surface area contributed by atoms with Crippen molar-refractivity contribution in [3.63, 3.8) is 0 Å². The van der Waals surface area contributed by atoms with E-state index in [4.69, 9.17) is 4.55 Å². The summed E-state index contributed by atoms with van der Waals surface area (Å²) in [6.45, 7) is 2.31. The molecule has 0 aromatic carbocycles. The Morgan fingerprint density at radius 1 is 1.36 bits per heavy atom. The lowest BCUT2D eigenvalue weighted by atomic mass is 9.96. The van der Waals surface area contributed by atoms with E-state index < -0.39 is 11.3 Å². The minimum atomic E-state index is -1.94. The molecule has 1 atom stereocenters. The minimum Gasteiger partial charge on any atom is -0.371 e. The van der Waals surface area contributed by atoms with Crippen LogP contribution in [0.5, 0.6) is 0 Å². The van der Waals surface area contributed by atoms with Crippen molar-refractivity contribution in [2.24, 2.45) is 5.92 Å². The summed E-state index contributed by atoms with van der Waals surface area (Å²) in [6, 6.07) is 5.28. The monoisotopic (exact) mass is 322 g/mol. The fourth-order valence-electron chi connectivity index (χ4n) is 2.89. The molecule has 0 bridgehead atoms. The fraction of sp³-hybridized carbons (Fsp3) is 0.429. The zero-order valence-electron chi connectivity index (χ0n) is 12.0. The molecular weight excluding hydrogens is 304 g/mol. The van der Waals surface area contributed by atoms with Gasteiger partial charge in [-0.1, -0.05) is 0 Å². The number of aromatic nitrogens is 2. The molecule has 1 aliphatic heterocycles. The average molecular weight is 322 g/mol. The summed E-state index contributed by atoms with van der Waals surface area (Å²) in [5.74, 6) is 0.403. The molecule has 2 aromatic rings. The lowest BCUT2D eigenvalue weighted by Crippen LogP contribution is -2.37. The first-order valence-corrected chi connectivity index (χ1v) is 8.31. The van der Waals surface area contributed by atoms with Gasteiger partial charge in [0.25, 0.3) is 0 Å². The van der Waals surface area contributed by atoms with Crippen LogP contribution in [-0.2, 0) is 11.3 Å². The van der Waals surface area contributed by atoms with Crippen LogP contribution < -0.4 is 15.2 Å². The topological polar surface area (TPSA) is 98.3 Å². The van der Waals surface area contributed by atoms with Gasteiger partial charge in [-0.3, -0.25) is 9.35 Å². The van der Waals surface area contributed by atoms with Gasteiger partial charge in [0.2, 0.25) is 16.8 Å². The number of nitrogens with one attached hydrogen (secondary N) is 2. The summed E-state index contributed by atoms with van der Waals surface area (Å²) in [4.78, 5) is 20.6. The van der Waals surface area contributed by atoms with E-state index in [0.29, 0.717) is 18.1 Å². The zero-order valence-corrected chi connectivity index (χ0v) is 12.8. The predicted molar refractivity (Wildman–Crippen MR) is 86.1 cm³/mol. The number of hydrogen-bond acceptors (Lipinski definition) is 4. The molecule has 0 spiro atoms. The number of hydrogen-bond donors (Lipinski definition) is 3. The molecule has 0 aliphatic carbocycles. The Morgan fingerprint density at radius 2 is 2.14 bits per heavy atom. The highest BCUT2D eigenvalue weighted by Crippen LogP contribution is 2.27. The SMILES string of the molecule is O=c1ccc2c(N3CCC(CNS(=O)O)CC3)ccnc2[nH]1.